The lowest BCUT2D eigenvalue weighted by atomic mass is 10.1. The Labute approximate surface area is 158 Å². The van der Waals surface area contributed by atoms with Gasteiger partial charge in [0, 0.05) is 24.8 Å². The first-order valence-electron chi connectivity index (χ1n) is 8.77. The van der Waals surface area contributed by atoms with Crippen LogP contribution in [-0.4, -0.2) is 46.6 Å². The lowest BCUT2D eigenvalue weighted by Crippen LogP contribution is -2.61. The summed E-state index contributed by atoms with van der Waals surface area (Å²) in [7, 11) is 0. The summed E-state index contributed by atoms with van der Waals surface area (Å²) < 4.78 is 11.0. The molecule has 1 aromatic carbocycles. The van der Waals surface area contributed by atoms with Gasteiger partial charge < -0.3 is 19.7 Å². The van der Waals surface area contributed by atoms with Crippen molar-refractivity contribution in [1.82, 2.24) is 15.2 Å². The SMILES string of the molecule is CC(C)(C)OC(=O)N1CC(NC(=O)c2ccc(Oc3cccnc3)cc2)C1. The minimum Gasteiger partial charge on any atom is -0.456 e. The Hall–Kier alpha value is -3.09. The van der Waals surface area contributed by atoms with Gasteiger partial charge in [0.25, 0.3) is 5.91 Å². The molecular formula is C20H23N3O4. The molecule has 1 fully saturated rings. The molecule has 0 spiro atoms. The molecule has 0 saturated carbocycles. The number of aromatic nitrogens is 1. The van der Waals surface area contributed by atoms with Gasteiger partial charge in [-0.05, 0) is 57.2 Å². The predicted octanol–water partition coefficient (Wildman–Crippen LogP) is 3.22. The Balaban J connectivity index is 1.47. The number of ether oxygens (including phenoxy) is 2. The normalized spacial score (nSPS) is 14.3. The molecule has 1 aliphatic rings. The molecule has 1 N–H and O–H groups in total. The largest absolute Gasteiger partial charge is 0.456 e. The monoisotopic (exact) mass is 369 g/mol. The molecule has 3 rings (SSSR count). The fraction of sp³-hybridized carbons (Fsp3) is 0.350. The third kappa shape index (κ3) is 5.20. The van der Waals surface area contributed by atoms with Crippen LogP contribution >= 0.6 is 0 Å². The van der Waals surface area contributed by atoms with E-state index in [0.29, 0.717) is 30.2 Å². The van der Waals surface area contributed by atoms with E-state index in [4.69, 9.17) is 9.47 Å². The number of carbonyl (C=O) groups is 2. The Morgan fingerprint density at radius 1 is 1.11 bits per heavy atom. The van der Waals surface area contributed by atoms with E-state index in [9.17, 15) is 9.59 Å². The summed E-state index contributed by atoms with van der Waals surface area (Å²) in [5, 5.41) is 2.91. The Kier molecular flexibility index (Phi) is 5.30. The summed E-state index contributed by atoms with van der Waals surface area (Å²) in [4.78, 5) is 29.8. The molecule has 0 bridgehead atoms. The zero-order valence-corrected chi connectivity index (χ0v) is 15.6. The first-order chi connectivity index (χ1) is 12.8. The van der Waals surface area contributed by atoms with Crippen molar-refractivity contribution in [3.63, 3.8) is 0 Å². The average Bonchev–Trinajstić information content (AvgIpc) is 2.57. The van der Waals surface area contributed by atoms with Gasteiger partial charge in [-0.1, -0.05) is 0 Å². The third-order valence-electron chi connectivity index (χ3n) is 3.86. The molecule has 142 valence electrons. The highest BCUT2D eigenvalue weighted by Crippen LogP contribution is 2.21. The minimum atomic E-state index is -0.523. The molecule has 0 atom stereocenters. The van der Waals surface area contributed by atoms with E-state index in [-0.39, 0.29) is 18.0 Å². The zero-order chi connectivity index (χ0) is 19.4. The van der Waals surface area contributed by atoms with E-state index in [0.717, 1.165) is 0 Å². The maximum atomic E-state index is 12.3. The fourth-order valence-electron chi connectivity index (χ4n) is 2.53. The second kappa shape index (κ2) is 7.65. The van der Waals surface area contributed by atoms with Crippen molar-refractivity contribution in [3.05, 3.63) is 54.4 Å². The van der Waals surface area contributed by atoms with Crippen LogP contribution in [0.5, 0.6) is 11.5 Å². The molecule has 0 aliphatic carbocycles. The fourth-order valence-corrected chi connectivity index (χ4v) is 2.53. The number of amides is 2. The van der Waals surface area contributed by atoms with E-state index < -0.39 is 5.60 Å². The van der Waals surface area contributed by atoms with Gasteiger partial charge in [0.05, 0.1) is 12.2 Å². The van der Waals surface area contributed by atoms with E-state index in [1.165, 1.54) is 0 Å². The highest BCUT2D eigenvalue weighted by molar-refractivity contribution is 5.94. The van der Waals surface area contributed by atoms with Crippen LogP contribution in [0.1, 0.15) is 31.1 Å². The van der Waals surface area contributed by atoms with Gasteiger partial charge in [-0.2, -0.15) is 0 Å². The van der Waals surface area contributed by atoms with Crippen molar-refractivity contribution in [2.24, 2.45) is 0 Å². The number of benzene rings is 1. The molecule has 1 aromatic heterocycles. The number of likely N-dealkylation sites (tertiary alicyclic amines) is 1. The summed E-state index contributed by atoms with van der Waals surface area (Å²) in [5.74, 6) is 1.07. The van der Waals surface area contributed by atoms with Gasteiger partial charge >= 0.3 is 6.09 Å². The molecule has 1 saturated heterocycles. The number of pyridine rings is 1. The number of nitrogens with zero attached hydrogens (tertiary/aromatic N) is 2. The van der Waals surface area contributed by atoms with Crippen LogP contribution in [-0.2, 0) is 4.74 Å². The van der Waals surface area contributed by atoms with Crippen LogP contribution in [0.25, 0.3) is 0 Å². The predicted molar refractivity (Wildman–Crippen MR) is 99.8 cm³/mol. The van der Waals surface area contributed by atoms with Crippen molar-refractivity contribution >= 4 is 12.0 Å². The maximum Gasteiger partial charge on any atom is 0.410 e. The summed E-state index contributed by atoms with van der Waals surface area (Å²) in [5.41, 5.74) is 0.00895. The van der Waals surface area contributed by atoms with Crippen molar-refractivity contribution in [2.75, 3.05) is 13.1 Å². The van der Waals surface area contributed by atoms with Crippen LogP contribution in [0.3, 0.4) is 0 Å². The van der Waals surface area contributed by atoms with E-state index in [1.54, 1.807) is 53.7 Å². The number of carbonyl (C=O) groups excluding carboxylic acids is 2. The number of hydrogen-bond donors (Lipinski definition) is 1. The standard InChI is InChI=1S/C20H23N3O4/c1-20(2,3)27-19(25)23-12-15(13-23)22-18(24)14-6-8-16(9-7-14)26-17-5-4-10-21-11-17/h4-11,15H,12-13H2,1-3H3,(H,22,24). The number of nitrogens with one attached hydrogen (secondary N) is 1. The van der Waals surface area contributed by atoms with Gasteiger partial charge in [-0.3, -0.25) is 9.78 Å². The molecule has 7 heteroatoms. The lowest BCUT2D eigenvalue weighted by Gasteiger charge is -2.39. The molecule has 2 aromatic rings. The molecule has 0 radical (unpaired) electrons. The zero-order valence-electron chi connectivity index (χ0n) is 15.6. The van der Waals surface area contributed by atoms with Crippen molar-refractivity contribution in [1.29, 1.82) is 0 Å². The van der Waals surface area contributed by atoms with Crippen molar-refractivity contribution < 1.29 is 19.1 Å². The maximum absolute atomic E-state index is 12.3. The van der Waals surface area contributed by atoms with Crippen LogP contribution in [0, 0.1) is 0 Å². The van der Waals surface area contributed by atoms with E-state index in [2.05, 4.69) is 10.3 Å². The first kappa shape index (κ1) is 18.7. The van der Waals surface area contributed by atoms with Crippen molar-refractivity contribution in [2.45, 2.75) is 32.4 Å². The molecule has 0 unspecified atom stereocenters. The van der Waals surface area contributed by atoms with Crippen LogP contribution in [0.2, 0.25) is 0 Å². The summed E-state index contributed by atoms with van der Waals surface area (Å²) in [6.45, 7) is 6.37. The second-order valence-corrected chi connectivity index (χ2v) is 7.37. The van der Waals surface area contributed by atoms with Crippen LogP contribution in [0.15, 0.2) is 48.8 Å². The summed E-state index contributed by atoms with van der Waals surface area (Å²) >= 11 is 0. The molecule has 27 heavy (non-hydrogen) atoms. The molecule has 2 amide bonds. The van der Waals surface area contributed by atoms with Gasteiger partial charge in [0.15, 0.2) is 0 Å². The Bertz CT molecular complexity index is 794. The highest BCUT2D eigenvalue weighted by atomic mass is 16.6. The lowest BCUT2D eigenvalue weighted by molar-refractivity contribution is 0.00533. The van der Waals surface area contributed by atoms with Gasteiger partial charge in [0.1, 0.15) is 17.1 Å². The summed E-state index contributed by atoms with van der Waals surface area (Å²) in [6.07, 6.45) is 2.93. The van der Waals surface area contributed by atoms with Crippen LogP contribution in [0.4, 0.5) is 4.79 Å². The number of hydrogen-bond acceptors (Lipinski definition) is 5. The second-order valence-electron chi connectivity index (χ2n) is 7.37. The van der Waals surface area contributed by atoms with Crippen LogP contribution < -0.4 is 10.1 Å². The molecule has 2 heterocycles. The first-order valence-corrected chi connectivity index (χ1v) is 8.77. The quantitative estimate of drug-likeness (QED) is 0.895. The average molecular weight is 369 g/mol. The smallest absolute Gasteiger partial charge is 0.410 e. The molecule has 7 nitrogen and oxygen atoms in total. The Morgan fingerprint density at radius 3 is 2.41 bits per heavy atom. The summed E-state index contributed by atoms with van der Waals surface area (Å²) in [6, 6.07) is 10.4. The van der Waals surface area contributed by atoms with Gasteiger partial charge in [0.2, 0.25) is 0 Å². The number of rotatable bonds is 4. The van der Waals surface area contributed by atoms with Gasteiger partial charge in [-0.25, -0.2) is 4.79 Å². The molecule has 1 aliphatic heterocycles. The van der Waals surface area contributed by atoms with E-state index >= 15 is 0 Å². The van der Waals surface area contributed by atoms with Crippen molar-refractivity contribution in [3.8, 4) is 11.5 Å². The molecular weight excluding hydrogens is 346 g/mol. The minimum absolute atomic E-state index is 0.0728. The Morgan fingerprint density at radius 2 is 1.81 bits per heavy atom. The van der Waals surface area contributed by atoms with Gasteiger partial charge in [-0.15, -0.1) is 0 Å². The highest BCUT2D eigenvalue weighted by Gasteiger charge is 2.34. The topological polar surface area (TPSA) is 80.8 Å². The van der Waals surface area contributed by atoms with E-state index in [1.807, 2.05) is 20.8 Å². The third-order valence-corrected chi connectivity index (χ3v) is 3.86.